The molecule has 0 rings (SSSR count). The predicted octanol–water partition coefficient (Wildman–Crippen LogP) is 3.28. The van der Waals surface area contributed by atoms with Crippen LogP contribution in [-0.2, 0) is 9.53 Å². The molecule has 0 aliphatic rings. The van der Waals surface area contributed by atoms with Crippen molar-refractivity contribution in [2.75, 3.05) is 6.61 Å². The molecule has 0 unspecified atom stereocenters. The monoisotopic (exact) mass is 246 g/mol. The number of carboxylic acids is 1. The van der Waals surface area contributed by atoms with Crippen LogP contribution in [0, 0.1) is 0 Å². The minimum atomic E-state index is -1.21. The Morgan fingerprint density at radius 1 is 0.765 bits per heavy atom. The lowest BCUT2D eigenvalue weighted by atomic mass is 10.1. The summed E-state index contributed by atoms with van der Waals surface area (Å²) in [6.45, 7) is 0.286. The molecule has 0 aromatic rings. The average Bonchev–Trinajstić information content (AvgIpc) is 2.25. The van der Waals surface area contributed by atoms with Crippen LogP contribution in [0.25, 0.3) is 0 Å². The molecule has 0 aromatic heterocycles. The van der Waals surface area contributed by atoms with E-state index in [1.165, 1.54) is 0 Å². The van der Waals surface area contributed by atoms with Gasteiger partial charge in [-0.25, -0.2) is 4.79 Å². The molecule has 0 heterocycles. The van der Waals surface area contributed by atoms with E-state index in [-0.39, 0.29) is 13.0 Å². The van der Waals surface area contributed by atoms with Gasteiger partial charge in [0.2, 0.25) is 0 Å². The topological polar surface area (TPSA) is 83.8 Å². The van der Waals surface area contributed by atoms with Gasteiger partial charge in [-0.1, -0.05) is 38.5 Å². The number of carbonyl (C=O) groups is 2. The Kier molecular flexibility index (Phi) is 10.4. The van der Waals surface area contributed by atoms with Gasteiger partial charge in [-0.15, -0.1) is 0 Å². The lowest BCUT2D eigenvalue weighted by Gasteiger charge is -2.02. The van der Waals surface area contributed by atoms with Gasteiger partial charge in [-0.05, 0) is 12.8 Å². The third-order valence-corrected chi connectivity index (χ3v) is 2.51. The van der Waals surface area contributed by atoms with Gasteiger partial charge in [0.05, 0.1) is 6.61 Å². The molecule has 0 saturated carbocycles. The highest BCUT2D eigenvalue weighted by molar-refractivity contribution is 5.66. The minimum Gasteiger partial charge on any atom is -0.481 e. The molecule has 0 saturated heterocycles. The van der Waals surface area contributed by atoms with E-state index in [1.807, 2.05) is 0 Å². The van der Waals surface area contributed by atoms with Crippen molar-refractivity contribution in [2.24, 2.45) is 0 Å². The van der Waals surface area contributed by atoms with E-state index < -0.39 is 12.1 Å². The van der Waals surface area contributed by atoms with Crippen LogP contribution in [0.2, 0.25) is 0 Å². The van der Waals surface area contributed by atoms with Gasteiger partial charge in [-0.2, -0.15) is 0 Å². The quantitative estimate of drug-likeness (QED) is 0.431. The highest BCUT2D eigenvalue weighted by Gasteiger charge is 1.97. The molecular formula is C12H22O5. The molecule has 5 nitrogen and oxygen atoms in total. The zero-order valence-corrected chi connectivity index (χ0v) is 10.2. The summed E-state index contributed by atoms with van der Waals surface area (Å²) in [6.07, 6.45) is 7.00. The Morgan fingerprint density at radius 3 is 1.71 bits per heavy atom. The second-order valence-corrected chi connectivity index (χ2v) is 4.09. The van der Waals surface area contributed by atoms with Crippen molar-refractivity contribution in [3.8, 4) is 0 Å². The normalized spacial score (nSPS) is 10.1. The number of carboxylic acid groups (broad SMARTS) is 2. The maximum atomic E-state index is 10.2. The van der Waals surface area contributed by atoms with E-state index in [2.05, 4.69) is 4.74 Å². The zero-order valence-electron chi connectivity index (χ0n) is 10.2. The molecular weight excluding hydrogens is 224 g/mol. The molecule has 0 bridgehead atoms. The molecule has 0 spiro atoms. The van der Waals surface area contributed by atoms with E-state index in [0.29, 0.717) is 0 Å². The van der Waals surface area contributed by atoms with Crippen LogP contribution in [0.4, 0.5) is 4.79 Å². The van der Waals surface area contributed by atoms with E-state index in [9.17, 15) is 9.59 Å². The third kappa shape index (κ3) is 14.7. The summed E-state index contributed by atoms with van der Waals surface area (Å²) in [7, 11) is 0. The first kappa shape index (κ1) is 15.7. The Balaban J connectivity index is 2.98. The molecule has 5 heteroatoms. The number of aliphatic carboxylic acids is 1. The molecule has 0 radical (unpaired) electrons. The second-order valence-electron chi connectivity index (χ2n) is 4.09. The van der Waals surface area contributed by atoms with E-state index in [4.69, 9.17) is 10.2 Å². The first-order valence-electron chi connectivity index (χ1n) is 6.20. The van der Waals surface area contributed by atoms with Crippen molar-refractivity contribution in [3.63, 3.8) is 0 Å². The number of hydrogen-bond acceptors (Lipinski definition) is 3. The molecule has 0 aromatic carbocycles. The molecule has 100 valence electrons. The molecule has 17 heavy (non-hydrogen) atoms. The van der Waals surface area contributed by atoms with Crippen LogP contribution in [-0.4, -0.2) is 28.9 Å². The highest BCUT2D eigenvalue weighted by Crippen LogP contribution is 2.09. The molecule has 0 amide bonds. The van der Waals surface area contributed by atoms with Gasteiger partial charge in [0.1, 0.15) is 0 Å². The van der Waals surface area contributed by atoms with Gasteiger partial charge >= 0.3 is 12.1 Å². The molecule has 2 N–H and O–H groups in total. The van der Waals surface area contributed by atoms with Crippen molar-refractivity contribution in [1.29, 1.82) is 0 Å². The zero-order chi connectivity index (χ0) is 12.9. The third-order valence-electron chi connectivity index (χ3n) is 2.51. The van der Waals surface area contributed by atoms with Crippen molar-refractivity contribution in [1.82, 2.24) is 0 Å². The highest BCUT2D eigenvalue weighted by atomic mass is 16.7. The molecule has 0 aliphatic carbocycles. The smallest absolute Gasteiger partial charge is 0.481 e. The summed E-state index contributed by atoms with van der Waals surface area (Å²) in [5.41, 5.74) is 0. The van der Waals surface area contributed by atoms with Gasteiger partial charge in [0, 0.05) is 6.42 Å². The molecule has 0 aliphatic heterocycles. The van der Waals surface area contributed by atoms with Gasteiger partial charge in [-0.3, -0.25) is 4.79 Å². The maximum Gasteiger partial charge on any atom is 0.505 e. The van der Waals surface area contributed by atoms with Gasteiger partial charge < -0.3 is 14.9 Å². The van der Waals surface area contributed by atoms with Crippen LogP contribution in [0.5, 0.6) is 0 Å². The fourth-order valence-electron chi connectivity index (χ4n) is 1.60. The number of ether oxygens (including phenoxy) is 1. The first-order chi connectivity index (χ1) is 8.13. The minimum absolute atomic E-state index is 0.270. The van der Waals surface area contributed by atoms with Gasteiger partial charge in [0.15, 0.2) is 0 Å². The van der Waals surface area contributed by atoms with E-state index >= 15 is 0 Å². The van der Waals surface area contributed by atoms with Crippen LogP contribution in [0.1, 0.15) is 57.8 Å². The predicted molar refractivity (Wildman–Crippen MR) is 63.2 cm³/mol. The fourth-order valence-corrected chi connectivity index (χ4v) is 1.60. The summed E-state index contributed by atoms with van der Waals surface area (Å²) in [5, 5.41) is 16.6. The summed E-state index contributed by atoms with van der Waals surface area (Å²) in [6, 6.07) is 0. The van der Waals surface area contributed by atoms with Crippen LogP contribution in [0.15, 0.2) is 0 Å². The maximum absolute atomic E-state index is 10.2. The Hall–Kier alpha value is -1.26. The van der Waals surface area contributed by atoms with Crippen LogP contribution < -0.4 is 0 Å². The number of rotatable bonds is 11. The summed E-state index contributed by atoms with van der Waals surface area (Å²) < 4.78 is 4.38. The van der Waals surface area contributed by atoms with Crippen molar-refractivity contribution in [2.45, 2.75) is 57.8 Å². The first-order valence-corrected chi connectivity index (χ1v) is 6.20. The summed E-state index contributed by atoms with van der Waals surface area (Å²) in [5.74, 6) is -0.719. The van der Waals surface area contributed by atoms with Crippen molar-refractivity contribution in [3.05, 3.63) is 0 Å². The standard InChI is InChI=1S/C12H22O5/c13-11(14)9-7-5-3-1-2-4-6-8-10-17-12(15)16/h1-10H2,(H,13,14)(H,15,16). The van der Waals surface area contributed by atoms with Crippen LogP contribution >= 0.6 is 0 Å². The lowest BCUT2D eigenvalue weighted by Crippen LogP contribution is -2.01. The summed E-state index contributed by atoms with van der Waals surface area (Å²) >= 11 is 0. The average molecular weight is 246 g/mol. The lowest BCUT2D eigenvalue weighted by molar-refractivity contribution is -0.137. The van der Waals surface area contributed by atoms with E-state index in [0.717, 1.165) is 51.4 Å². The number of unbranched alkanes of at least 4 members (excludes halogenated alkanes) is 7. The Bertz CT molecular complexity index is 193. The molecule has 0 fully saturated rings. The SMILES string of the molecule is O=C(O)CCCCCCCCCCOC(=O)O. The number of hydrogen-bond donors (Lipinski definition) is 2. The molecule has 0 atom stereocenters. The Labute approximate surface area is 102 Å². The summed E-state index contributed by atoms with van der Waals surface area (Å²) in [4.78, 5) is 20.2. The Morgan fingerprint density at radius 2 is 1.24 bits per heavy atom. The van der Waals surface area contributed by atoms with Crippen molar-refractivity contribution < 1.29 is 24.5 Å². The second kappa shape index (κ2) is 11.2. The largest absolute Gasteiger partial charge is 0.505 e. The van der Waals surface area contributed by atoms with E-state index in [1.54, 1.807) is 0 Å². The van der Waals surface area contributed by atoms with Crippen molar-refractivity contribution >= 4 is 12.1 Å². The van der Waals surface area contributed by atoms with Crippen LogP contribution in [0.3, 0.4) is 0 Å². The van der Waals surface area contributed by atoms with Gasteiger partial charge in [0.25, 0.3) is 0 Å². The fraction of sp³-hybridized carbons (Fsp3) is 0.833.